The summed E-state index contributed by atoms with van der Waals surface area (Å²) < 4.78 is 4.75. The van der Waals surface area contributed by atoms with E-state index in [1.54, 1.807) is 6.92 Å². The Hall–Kier alpha value is -0.0900. The van der Waals surface area contributed by atoms with Crippen molar-refractivity contribution >= 4 is 21.9 Å². The molecule has 0 rings (SSSR count). The van der Waals surface area contributed by atoms with Crippen LogP contribution in [0.25, 0.3) is 0 Å². The summed E-state index contributed by atoms with van der Waals surface area (Å²) in [6.07, 6.45) is -0.289. The number of hydrogen-bond acceptors (Lipinski definition) is 2. The van der Waals surface area contributed by atoms with Gasteiger partial charge in [0.25, 0.3) is 0 Å². The van der Waals surface area contributed by atoms with Crippen molar-refractivity contribution < 1.29 is 14.6 Å². The minimum absolute atomic E-state index is 0.289. The number of carboxylic acids is 1. The van der Waals surface area contributed by atoms with Crippen LogP contribution >= 0.6 is 15.9 Å². The summed E-state index contributed by atoms with van der Waals surface area (Å²) in [7, 11) is 1.47. The van der Waals surface area contributed by atoms with Crippen LogP contribution in [0, 0.1) is 0 Å². The van der Waals surface area contributed by atoms with Crippen molar-refractivity contribution in [3.63, 3.8) is 0 Å². The molecule has 2 atom stereocenters. The lowest BCUT2D eigenvalue weighted by Gasteiger charge is -2.11. The highest BCUT2D eigenvalue weighted by Crippen LogP contribution is 2.07. The molecule has 0 fully saturated rings. The Morgan fingerprint density at radius 2 is 2.22 bits per heavy atom. The molecule has 0 amide bonds. The molecule has 0 aromatic carbocycles. The first kappa shape index (κ1) is 8.91. The van der Waals surface area contributed by atoms with Gasteiger partial charge in [-0.2, -0.15) is 0 Å². The van der Waals surface area contributed by atoms with E-state index < -0.39 is 10.8 Å². The van der Waals surface area contributed by atoms with Crippen LogP contribution in [0.4, 0.5) is 0 Å². The summed E-state index contributed by atoms with van der Waals surface area (Å²) >= 11 is 2.94. The SMILES string of the molecule is CO[C@H](C)[C@H](Br)C(=O)O. The van der Waals surface area contributed by atoms with Gasteiger partial charge in [0, 0.05) is 7.11 Å². The van der Waals surface area contributed by atoms with E-state index in [4.69, 9.17) is 9.84 Å². The zero-order valence-corrected chi connectivity index (χ0v) is 6.88. The molecule has 0 bridgehead atoms. The van der Waals surface area contributed by atoms with Crippen molar-refractivity contribution in [3.05, 3.63) is 0 Å². The van der Waals surface area contributed by atoms with Crippen molar-refractivity contribution in [2.45, 2.75) is 17.9 Å². The quantitative estimate of drug-likeness (QED) is 0.682. The third-order valence-electron chi connectivity index (χ3n) is 1.02. The number of ether oxygens (including phenoxy) is 1. The van der Waals surface area contributed by atoms with Gasteiger partial charge in [-0.05, 0) is 6.92 Å². The van der Waals surface area contributed by atoms with E-state index in [1.807, 2.05) is 0 Å². The van der Waals surface area contributed by atoms with Gasteiger partial charge in [-0.1, -0.05) is 15.9 Å². The number of methoxy groups -OCH3 is 1. The van der Waals surface area contributed by atoms with Gasteiger partial charge in [-0.25, -0.2) is 0 Å². The molecule has 0 saturated heterocycles. The highest BCUT2D eigenvalue weighted by atomic mass is 79.9. The summed E-state index contributed by atoms with van der Waals surface area (Å²) in [4.78, 5) is 9.56. The molecule has 0 spiro atoms. The zero-order chi connectivity index (χ0) is 7.44. The lowest BCUT2D eigenvalue weighted by molar-refractivity contribution is -0.138. The standard InChI is InChI=1S/C5H9BrO3/c1-3(9-2)4(6)5(7)8/h3-4H,1-2H3,(H,7,8)/t3-,4+/m1/s1. The predicted octanol–water partition coefficient (Wildman–Crippen LogP) is 0.869. The van der Waals surface area contributed by atoms with Crippen LogP contribution in [-0.4, -0.2) is 29.1 Å². The maximum Gasteiger partial charge on any atom is 0.319 e. The van der Waals surface area contributed by atoms with Crippen LogP contribution in [-0.2, 0) is 9.53 Å². The van der Waals surface area contributed by atoms with E-state index >= 15 is 0 Å². The van der Waals surface area contributed by atoms with E-state index in [-0.39, 0.29) is 6.10 Å². The average Bonchev–Trinajstić information content (AvgIpc) is 1.84. The lowest BCUT2D eigenvalue weighted by atomic mass is 10.3. The second-order valence-electron chi connectivity index (χ2n) is 1.68. The maximum atomic E-state index is 10.2. The highest BCUT2D eigenvalue weighted by Gasteiger charge is 2.20. The second kappa shape index (κ2) is 3.85. The third kappa shape index (κ3) is 2.81. The van der Waals surface area contributed by atoms with Crippen LogP contribution in [0.2, 0.25) is 0 Å². The first-order valence-corrected chi connectivity index (χ1v) is 3.40. The summed E-state index contributed by atoms with van der Waals surface area (Å²) in [5.74, 6) is -0.899. The Bertz CT molecular complexity index is 104. The number of alkyl halides is 1. The molecule has 54 valence electrons. The molecule has 0 aliphatic carbocycles. The van der Waals surface area contributed by atoms with Gasteiger partial charge >= 0.3 is 5.97 Å². The molecule has 4 heteroatoms. The normalized spacial score (nSPS) is 16.8. The summed E-state index contributed by atoms with van der Waals surface area (Å²) in [5, 5.41) is 8.36. The van der Waals surface area contributed by atoms with Crippen LogP contribution in [0.1, 0.15) is 6.92 Å². The molecule has 3 nitrogen and oxygen atoms in total. The lowest BCUT2D eigenvalue weighted by Crippen LogP contribution is -2.27. The minimum atomic E-state index is -0.899. The van der Waals surface area contributed by atoms with Gasteiger partial charge in [-0.3, -0.25) is 4.79 Å². The molecular weight excluding hydrogens is 188 g/mol. The molecular formula is C5H9BrO3. The van der Waals surface area contributed by atoms with Gasteiger partial charge < -0.3 is 9.84 Å². The van der Waals surface area contributed by atoms with E-state index in [0.29, 0.717) is 0 Å². The first-order chi connectivity index (χ1) is 4.09. The number of carboxylic acid groups (broad SMARTS) is 1. The smallest absolute Gasteiger partial charge is 0.319 e. The van der Waals surface area contributed by atoms with Crippen molar-refractivity contribution in [3.8, 4) is 0 Å². The van der Waals surface area contributed by atoms with Gasteiger partial charge in [-0.15, -0.1) is 0 Å². The molecule has 0 radical (unpaired) electrons. The molecule has 0 aromatic heterocycles. The fraction of sp³-hybridized carbons (Fsp3) is 0.800. The molecule has 1 N–H and O–H groups in total. The number of halogens is 1. The second-order valence-corrected chi connectivity index (χ2v) is 2.67. The first-order valence-electron chi connectivity index (χ1n) is 2.49. The van der Waals surface area contributed by atoms with Gasteiger partial charge in [0.1, 0.15) is 4.83 Å². The Labute approximate surface area is 62.1 Å². The predicted molar refractivity (Wildman–Crippen MR) is 36.8 cm³/mol. The van der Waals surface area contributed by atoms with Crippen molar-refractivity contribution in [2.24, 2.45) is 0 Å². The monoisotopic (exact) mass is 196 g/mol. The number of carbonyl (C=O) groups is 1. The fourth-order valence-electron chi connectivity index (χ4n) is 0.320. The van der Waals surface area contributed by atoms with Crippen molar-refractivity contribution in [1.82, 2.24) is 0 Å². The van der Waals surface area contributed by atoms with Crippen LogP contribution in [0.15, 0.2) is 0 Å². The fourth-order valence-corrected chi connectivity index (χ4v) is 0.536. The molecule has 0 aliphatic heterocycles. The minimum Gasteiger partial charge on any atom is -0.480 e. The van der Waals surface area contributed by atoms with Gasteiger partial charge in [0.2, 0.25) is 0 Å². The average molecular weight is 197 g/mol. The summed E-state index contributed by atoms with van der Waals surface area (Å²) in [6.45, 7) is 1.69. The Morgan fingerprint density at radius 3 is 2.33 bits per heavy atom. The summed E-state index contributed by atoms with van der Waals surface area (Å²) in [5.41, 5.74) is 0. The Morgan fingerprint density at radius 1 is 1.78 bits per heavy atom. The van der Waals surface area contributed by atoms with Gasteiger partial charge in [0.15, 0.2) is 0 Å². The maximum absolute atomic E-state index is 10.2. The van der Waals surface area contributed by atoms with Crippen LogP contribution in [0.3, 0.4) is 0 Å². The third-order valence-corrected chi connectivity index (χ3v) is 2.16. The van der Waals surface area contributed by atoms with E-state index in [9.17, 15) is 4.79 Å². The largest absolute Gasteiger partial charge is 0.480 e. The van der Waals surface area contributed by atoms with Crippen LogP contribution < -0.4 is 0 Å². The molecule has 0 unspecified atom stereocenters. The van der Waals surface area contributed by atoms with E-state index in [2.05, 4.69) is 15.9 Å². The molecule has 0 heterocycles. The van der Waals surface area contributed by atoms with E-state index in [1.165, 1.54) is 7.11 Å². The number of aliphatic carboxylic acids is 1. The Kier molecular flexibility index (Phi) is 3.81. The zero-order valence-electron chi connectivity index (χ0n) is 5.30. The highest BCUT2D eigenvalue weighted by molar-refractivity contribution is 9.10. The van der Waals surface area contributed by atoms with E-state index in [0.717, 1.165) is 0 Å². The number of rotatable bonds is 3. The molecule has 0 aliphatic rings. The molecule has 0 saturated carbocycles. The van der Waals surface area contributed by atoms with Gasteiger partial charge in [0.05, 0.1) is 6.10 Å². The van der Waals surface area contributed by atoms with Crippen molar-refractivity contribution in [2.75, 3.05) is 7.11 Å². The number of hydrogen-bond donors (Lipinski definition) is 1. The van der Waals surface area contributed by atoms with Crippen LogP contribution in [0.5, 0.6) is 0 Å². The molecule has 9 heavy (non-hydrogen) atoms. The summed E-state index contributed by atoms with van der Waals surface area (Å²) in [6, 6.07) is 0. The van der Waals surface area contributed by atoms with Crippen molar-refractivity contribution in [1.29, 1.82) is 0 Å². The Balaban J connectivity index is 3.72. The molecule has 0 aromatic rings. The topological polar surface area (TPSA) is 46.5 Å².